The molecule has 2 nitrogen and oxygen atoms in total. The number of ether oxygens (including phenoxy) is 1. The summed E-state index contributed by atoms with van der Waals surface area (Å²) >= 11 is 5.83. The molecule has 1 aromatic rings. The molecule has 0 saturated carbocycles. The van der Waals surface area contributed by atoms with E-state index >= 15 is 0 Å². The van der Waals surface area contributed by atoms with Gasteiger partial charge >= 0.3 is 0 Å². The van der Waals surface area contributed by atoms with E-state index < -0.39 is 0 Å². The van der Waals surface area contributed by atoms with Crippen LogP contribution in [0.3, 0.4) is 0 Å². The lowest BCUT2D eigenvalue weighted by atomic mass is 9.86. The van der Waals surface area contributed by atoms with Crippen molar-refractivity contribution in [1.29, 1.82) is 0 Å². The highest BCUT2D eigenvalue weighted by molar-refractivity contribution is 6.30. The zero-order chi connectivity index (χ0) is 13.8. The van der Waals surface area contributed by atoms with Gasteiger partial charge in [0.05, 0.1) is 6.10 Å². The molecular weight excluding hydrogens is 265 g/mol. The molecule has 1 fully saturated rings. The number of hydrogen-bond donors (Lipinski definition) is 1. The summed E-state index contributed by atoms with van der Waals surface area (Å²) in [6.45, 7) is 5.72. The van der Waals surface area contributed by atoms with E-state index in [9.17, 15) is 4.39 Å². The molecule has 4 heteroatoms. The number of rotatable bonds is 5. The lowest BCUT2D eigenvalue weighted by molar-refractivity contribution is 0.0772. The molecule has 1 N–H and O–H groups in total. The van der Waals surface area contributed by atoms with Crippen LogP contribution in [0.2, 0.25) is 5.02 Å². The molecule has 0 bridgehead atoms. The third kappa shape index (κ3) is 3.28. The Labute approximate surface area is 119 Å². The minimum absolute atomic E-state index is 0.00489. The first-order chi connectivity index (χ1) is 9.17. The molecule has 3 unspecified atom stereocenters. The fourth-order valence-corrected chi connectivity index (χ4v) is 3.09. The van der Waals surface area contributed by atoms with Crippen molar-refractivity contribution in [2.45, 2.75) is 38.8 Å². The van der Waals surface area contributed by atoms with E-state index in [-0.39, 0.29) is 18.0 Å². The zero-order valence-corrected chi connectivity index (χ0v) is 12.2. The number of benzene rings is 1. The second-order valence-corrected chi connectivity index (χ2v) is 5.41. The van der Waals surface area contributed by atoms with Gasteiger partial charge < -0.3 is 10.1 Å². The van der Waals surface area contributed by atoms with Crippen LogP contribution in [0.5, 0.6) is 0 Å². The summed E-state index contributed by atoms with van der Waals surface area (Å²) < 4.78 is 19.9. The maximum absolute atomic E-state index is 14.1. The Kier molecular flexibility index (Phi) is 5.20. The molecule has 0 amide bonds. The molecule has 1 aliphatic rings. The van der Waals surface area contributed by atoms with E-state index in [0.29, 0.717) is 16.5 Å². The lowest BCUT2D eigenvalue weighted by Gasteiger charge is -2.28. The van der Waals surface area contributed by atoms with E-state index in [1.54, 1.807) is 12.1 Å². The molecule has 1 saturated heterocycles. The quantitative estimate of drug-likeness (QED) is 0.885. The lowest BCUT2D eigenvalue weighted by Crippen LogP contribution is -2.33. The average molecular weight is 286 g/mol. The highest BCUT2D eigenvalue weighted by Crippen LogP contribution is 2.36. The molecule has 1 heterocycles. The van der Waals surface area contributed by atoms with Gasteiger partial charge in [0, 0.05) is 29.2 Å². The monoisotopic (exact) mass is 285 g/mol. The van der Waals surface area contributed by atoms with Crippen LogP contribution in [0.1, 0.15) is 38.3 Å². The first-order valence-electron chi connectivity index (χ1n) is 6.97. The Balaban J connectivity index is 2.28. The van der Waals surface area contributed by atoms with Gasteiger partial charge in [-0.15, -0.1) is 0 Å². The number of nitrogens with one attached hydrogen (secondary N) is 1. The minimum atomic E-state index is -0.236. The minimum Gasteiger partial charge on any atom is -0.378 e. The first kappa shape index (κ1) is 14.8. The maximum atomic E-state index is 14.1. The van der Waals surface area contributed by atoms with E-state index in [2.05, 4.69) is 12.2 Å². The van der Waals surface area contributed by atoms with Crippen molar-refractivity contribution < 1.29 is 9.13 Å². The largest absolute Gasteiger partial charge is 0.378 e. The molecule has 1 aromatic carbocycles. The molecule has 0 aromatic heterocycles. The highest BCUT2D eigenvalue weighted by Gasteiger charge is 2.35. The summed E-state index contributed by atoms with van der Waals surface area (Å²) in [5.74, 6) is 0.0841. The Bertz CT molecular complexity index is 427. The van der Waals surface area contributed by atoms with Crippen LogP contribution in [0, 0.1) is 11.7 Å². The summed E-state index contributed by atoms with van der Waals surface area (Å²) in [7, 11) is 0. The fraction of sp³-hybridized carbons (Fsp3) is 0.600. The predicted octanol–water partition coefficient (Wildman–Crippen LogP) is 3.94. The van der Waals surface area contributed by atoms with Gasteiger partial charge in [-0.3, -0.25) is 0 Å². The zero-order valence-electron chi connectivity index (χ0n) is 11.5. The van der Waals surface area contributed by atoms with Crippen LogP contribution in [-0.4, -0.2) is 19.3 Å². The van der Waals surface area contributed by atoms with Gasteiger partial charge in [0.15, 0.2) is 0 Å². The molecule has 0 spiro atoms. The van der Waals surface area contributed by atoms with Crippen LogP contribution in [-0.2, 0) is 4.74 Å². The van der Waals surface area contributed by atoms with Gasteiger partial charge in [-0.25, -0.2) is 4.39 Å². The van der Waals surface area contributed by atoms with Crippen molar-refractivity contribution in [3.8, 4) is 0 Å². The van der Waals surface area contributed by atoms with Crippen molar-refractivity contribution in [3.63, 3.8) is 0 Å². The molecule has 2 rings (SSSR count). The average Bonchev–Trinajstić information content (AvgIpc) is 2.85. The Morgan fingerprint density at radius 2 is 2.26 bits per heavy atom. The van der Waals surface area contributed by atoms with Crippen molar-refractivity contribution in [1.82, 2.24) is 5.32 Å². The van der Waals surface area contributed by atoms with Crippen LogP contribution in [0.15, 0.2) is 18.2 Å². The topological polar surface area (TPSA) is 21.3 Å². The summed E-state index contributed by atoms with van der Waals surface area (Å²) in [6, 6.07) is 4.92. The van der Waals surface area contributed by atoms with E-state index in [4.69, 9.17) is 16.3 Å². The molecule has 0 aliphatic carbocycles. The van der Waals surface area contributed by atoms with Crippen LogP contribution < -0.4 is 5.32 Å². The summed E-state index contributed by atoms with van der Waals surface area (Å²) in [5, 5.41) is 3.84. The van der Waals surface area contributed by atoms with Gasteiger partial charge in [0.1, 0.15) is 5.82 Å². The molecule has 106 valence electrons. The van der Waals surface area contributed by atoms with Crippen LogP contribution >= 0.6 is 11.6 Å². The standard InChI is InChI=1S/C15H21ClFNO/c1-3-14-12(7-8-19-14)15(18-4-2)11-6-5-10(16)9-13(11)17/h5-6,9,12,14-15,18H,3-4,7-8H2,1-2H3. The van der Waals surface area contributed by atoms with Crippen LogP contribution in [0.4, 0.5) is 4.39 Å². The molecular formula is C15H21ClFNO. The van der Waals surface area contributed by atoms with E-state index in [1.807, 2.05) is 6.92 Å². The molecule has 1 aliphatic heterocycles. The van der Waals surface area contributed by atoms with Gasteiger partial charge in [-0.2, -0.15) is 0 Å². The normalized spacial score (nSPS) is 24.6. The summed E-state index contributed by atoms with van der Waals surface area (Å²) in [6.07, 6.45) is 2.14. The van der Waals surface area contributed by atoms with E-state index in [1.165, 1.54) is 6.07 Å². The third-order valence-corrected chi connectivity index (χ3v) is 4.05. The van der Waals surface area contributed by atoms with Crippen molar-refractivity contribution in [3.05, 3.63) is 34.6 Å². The Hall–Kier alpha value is -0.640. The molecule has 3 atom stereocenters. The first-order valence-corrected chi connectivity index (χ1v) is 7.35. The highest BCUT2D eigenvalue weighted by atomic mass is 35.5. The second-order valence-electron chi connectivity index (χ2n) is 4.97. The van der Waals surface area contributed by atoms with Gasteiger partial charge in [0.25, 0.3) is 0 Å². The van der Waals surface area contributed by atoms with Crippen molar-refractivity contribution >= 4 is 11.6 Å². The smallest absolute Gasteiger partial charge is 0.129 e. The Morgan fingerprint density at radius 3 is 2.89 bits per heavy atom. The summed E-state index contributed by atoms with van der Waals surface area (Å²) in [5.41, 5.74) is 0.695. The predicted molar refractivity (Wildman–Crippen MR) is 76.0 cm³/mol. The van der Waals surface area contributed by atoms with Gasteiger partial charge in [-0.05, 0) is 31.5 Å². The number of hydrogen-bond acceptors (Lipinski definition) is 2. The van der Waals surface area contributed by atoms with Crippen LogP contribution in [0.25, 0.3) is 0 Å². The van der Waals surface area contributed by atoms with Crippen molar-refractivity contribution in [2.75, 3.05) is 13.2 Å². The molecule has 0 radical (unpaired) electrons. The Morgan fingerprint density at radius 1 is 1.47 bits per heavy atom. The van der Waals surface area contributed by atoms with E-state index in [0.717, 1.165) is 26.0 Å². The molecule has 19 heavy (non-hydrogen) atoms. The van der Waals surface area contributed by atoms with Gasteiger partial charge in [0.2, 0.25) is 0 Å². The second kappa shape index (κ2) is 6.69. The maximum Gasteiger partial charge on any atom is 0.129 e. The third-order valence-electron chi connectivity index (χ3n) is 3.81. The van der Waals surface area contributed by atoms with Gasteiger partial charge in [-0.1, -0.05) is 31.5 Å². The number of halogens is 2. The fourth-order valence-electron chi connectivity index (χ4n) is 2.93. The SMILES string of the molecule is CCNC(c1ccc(Cl)cc1F)C1CCOC1CC. The summed E-state index contributed by atoms with van der Waals surface area (Å²) in [4.78, 5) is 0. The van der Waals surface area contributed by atoms with Crippen molar-refractivity contribution in [2.24, 2.45) is 5.92 Å².